The Morgan fingerprint density at radius 1 is 1.18 bits per heavy atom. The monoisotopic (exact) mass is 512 g/mol. The van der Waals surface area contributed by atoms with Crippen molar-refractivity contribution in [2.45, 2.75) is 17.7 Å². The van der Waals surface area contributed by atoms with Gasteiger partial charge in [0.15, 0.2) is 11.4 Å². The van der Waals surface area contributed by atoms with Crippen LogP contribution in [0.4, 0.5) is 0 Å². The molecule has 0 saturated carbocycles. The second-order valence-corrected chi connectivity index (χ2v) is 8.96. The van der Waals surface area contributed by atoms with Crippen LogP contribution in [0.2, 0.25) is 5.02 Å². The summed E-state index contributed by atoms with van der Waals surface area (Å²) >= 11 is 6.24. The van der Waals surface area contributed by atoms with Gasteiger partial charge in [-0.2, -0.15) is 0 Å². The van der Waals surface area contributed by atoms with E-state index < -0.39 is 75.5 Å². The van der Waals surface area contributed by atoms with Gasteiger partial charge in [0.1, 0.15) is 22.8 Å². The summed E-state index contributed by atoms with van der Waals surface area (Å²) in [5.41, 5.74) is 0.528. The van der Waals surface area contributed by atoms with E-state index in [9.17, 15) is 39.9 Å². The molecule has 4 rings (SSSR count). The zero-order valence-electron chi connectivity index (χ0n) is 17.9. The van der Waals surface area contributed by atoms with Gasteiger partial charge in [0.05, 0.1) is 29.2 Å². The van der Waals surface area contributed by atoms with Crippen LogP contribution in [0.5, 0.6) is 5.75 Å². The average Bonchev–Trinajstić information content (AvgIpc) is 2.72. The maximum absolute atomic E-state index is 13.4. The summed E-state index contributed by atoms with van der Waals surface area (Å²) in [7, 11) is 2.90. The van der Waals surface area contributed by atoms with Crippen LogP contribution < -0.4 is 5.73 Å². The predicted octanol–water partition coefficient (Wildman–Crippen LogP) is 0.637. The number of phenolic OH excluding ortho intramolecular Hbond substituents is 1. The van der Waals surface area contributed by atoms with Crippen LogP contribution >= 0.6 is 24.0 Å². The lowest BCUT2D eigenvalue weighted by Crippen LogP contribution is -2.68. The molecule has 3 aliphatic carbocycles. The fourth-order valence-corrected chi connectivity index (χ4v) is 5.55. The molecule has 1 amide bonds. The van der Waals surface area contributed by atoms with Gasteiger partial charge >= 0.3 is 0 Å². The van der Waals surface area contributed by atoms with Crippen LogP contribution in [0.1, 0.15) is 15.9 Å². The van der Waals surface area contributed by atoms with Gasteiger partial charge in [-0.05, 0) is 31.8 Å². The summed E-state index contributed by atoms with van der Waals surface area (Å²) in [5.74, 6) is -9.17. The summed E-state index contributed by atoms with van der Waals surface area (Å²) < 4.78 is 0. The van der Waals surface area contributed by atoms with E-state index in [1.54, 1.807) is 0 Å². The van der Waals surface area contributed by atoms with Crippen LogP contribution in [0.3, 0.4) is 0 Å². The van der Waals surface area contributed by atoms with Gasteiger partial charge in [0.25, 0.3) is 5.91 Å². The summed E-state index contributed by atoms with van der Waals surface area (Å²) in [4.78, 5) is 39.8. The maximum atomic E-state index is 13.4. The highest BCUT2D eigenvalue weighted by molar-refractivity contribution is 6.34. The number of aliphatic hydroxyl groups is 4. The van der Waals surface area contributed by atoms with E-state index in [1.165, 1.54) is 25.1 Å². The first-order valence-corrected chi connectivity index (χ1v) is 10.2. The van der Waals surface area contributed by atoms with E-state index in [-0.39, 0.29) is 34.1 Å². The van der Waals surface area contributed by atoms with Crippen molar-refractivity contribution in [3.63, 3.8) is 0 Å². The topological polar surface area (TPSA) is 182 Å². The normalized spacial score (nSPS) is 30.6. The van der Waals surface area contributed by atoms with Crippen LogP contribution in [0.25, 0.3) is 5.57 Å². The van der Waals surface area contributed by atoms with Crippen molar-refractivity contribution in [1.29, 1.82) is 0 Å². The van der Waals surface area contributed by atoms with E-state index in [1.807, 2.05) is 0 Å². The van der Waals surface area contributed by atoms with Gasteiger partial charge in [-0.1, -0.05) is 18.2 Å². The molecule has 0 heterocycles. The number of fused-ring (bicyclic) bond motifs is 3. The molecule has 34 heavy (non-hydrogen) atoms. The number of likely N-dealkylation sites (N-methyl/N-ethyl adjacent to an activating group) is 1. The lowest BCUT2D eigenvalue weighted by atomic mass is 9.56. The van der Waals surface area contributed by atoms with E-state index in [2.05, 4.69) is 6.58 Å². The standard InChI is InChI=1S/C22H21ClN2O8.ClH/c1-6-9-7(23)4-5-8(26)11(9)16(27)12-10(6)17(28)14-15(25(2)3)18(29)13(21(24)32)20(31)22(14,33)19(12)30;/h4-5,10,14-15,17,26,28-30,33H,1H2,2-3H3,(H2,24,32);1H/t10-,14-,15+,17+,22+;/m1./s1. The molecular formula is C22H22Cl2N2O8. The van der Waals surface area contributed by atoms with Gasteiger partial charge < -0.3 is 31.3 Å². The Kier molecular flexibility index (Phi) is 6.13. The number of carbonyl (C=O) groups is 3. The number of primary amides is 1. The van der Waals surface area contributed by atoms with Gasteiger partial charge in [-0.15, -0.1) is 12.4 Å². The molecule has 0 unspecified atom stereocenters. The number of carbonyl (C=O) groups excluding carboxylic acids is 3. The molecule has 7 N–H and O–H groups in total. The Morgan fingerprint density at radius 3 is 2.29 bits per heavy atom. The summed E-state index contributed by atoms with van der Waals surface area (Å²) in [6.45, 7) is 3.89. The van der Waals surface area contributed by atoms with Crippen molar-refractivity contribution in [3.05, 3.63) is 57.5 Å². The highest BCUT2D eigenvalue weighted by atomic mass is 35.5. The molecule has 0 aliphatic heterocycles. The molecule has 3 aliphatic rings. The van der Waals surface area contributed by atoms with Gasteiger partial charge in [0, 0.05) is 16.5 Å². The molecule has 0 aromatic heterocycles. The number of halogens is 2. The Balaban J connectivity index is 0.00000324. The number of rotatable bonds is 2. The lowest BCUT2D eigenvalue weighted by molar-refractivity contribution is -0.159. The maximum Gasteiger partial charge on any atom is 0.255 e. The molecule has 0 bridgehead atoms. The van der Waals surface area contributed by atoms with Gasteiger partial charge in [-0.25, -0.2) is 0 Å². The fourth-order valence-electron chi connectivity index (χ4n) is 5.27. The van der Waals surface area contributed by atoms with Crippen LogP contribution in [-0.2, 0) is 9.59 Å². The number of amides is 1. The quantitative estimate of drug-likeness (QED) is 0.309. The number of aliphatic hydroxyl groups excluding tert-OH is 3. The third-order valence-electron chi connectivity index (χ3n) is 6.67. The van der Waals surface area contributed by atoms with Crippen molar-refractivity contribution in [3.8, 4) is 5.75 Å². The largest absolute Gasteiger partial charge is 0.510 e. The number of hydrogen-bond acceptors (Lipinski definition) is 9. The first-order valence-electron chi connectivity index (χ1n) is 9.81. The highest BCUT2D eigenvalue weighted by Gasteiger charge is 2.67. The van der Waals surface area contributed by atoms with Crippen LogP contribution in [0.15, 0.2) is 41.4 Å². The second-order valence-electron chi connectivity index (χ2n) is 8.56. The van der Waals surface area contributed by atoms with E-state index >= 15 is 0 Å². The Bertz CT molecular complexity index is 1240. The smallest absolute Gasteiger partial charge is 0.255 e. The molecule has 5 atom stereocenters. The summed E-state index contributed by atoms with van der Waals surface area (Å²) in [6.07, 6.45) is -1.75. The molecule has 1 aromatic carbocycles. The third kappa shape index (κ3) is 2.96. The number of Topliss-reactive ketones (excluding diaryl/α,β-unsaturated/α-hetero) is 2. The van der Waals surface area contributed by atoms with Crippen molar-refractivity contribution in [1.82, 2.24) is 4.90 Å². The Hall–Kier alpha value is -2.89. The lowest BCUT2D eigenvalue weighted by Gasteiger charge is -2.52. The van der Waals surface area contributed by atoms with Crippen LogP contribution in [-0.4, -0.2) is 79.7 Å². The first kappa shape index (κ1) is 25.7. The molecule has 12 heteroatoms. The van der Waals surface area contributed by atoms with Crippen molar-refractivity contribution < 1.29 is 39.9 Å². The molecule has 182 valence electrons. The van der Waals surface area contributed by atoms with Gasteiger partial charge in [0.2, 0.25) is 5.78 Å². The number of phenols is 1. The number of hydrogen-bond donors (Lipinski definition) is 6. The average molecular weight is 513 g/mol. The van der Waals surface area contributed by atoms with E-state index in [4.69, 9.17) is 17.3 Å². The molecule has 0 spiro atoms. The number of nitrogens with two attached hydrogens (primary N) is 1. The van der Waals surface area contributed by atoms with Crippen molar-refractivity contribution in [2.24, 2.45) is 17.6 Å². The van der Waals surface area contributed by atoms with E-state index in [0.717, 1.165) is 6.07 Å². The fraction of sp³-hybridized carbons (Fsp3) is 0.318. The molecule has 10 nitrogen and oxygen atoms in total. The van der Waals surface area contributed by atoms with Crippen LogP contribution in [0, 0.1) is 11.8 Å². The summed E-state index contributed by atoms with van der Waals surface area (Å²) in [6, 6.07) is 1.13. The number of ketones is 2. The molecular weight excluding hydrogens is 491 g/mol. The predicted molar refractivity (Wildman–Crippen MR) is 123 cm³/mol. The minimum Gasteiger partial charge on any atom is -0.510 e. The zero-order chi connectivity index (χ0) is 24.7. The van der Waals surface area contributed by atoms with Crippen molar-refractivity contribution >= 4 is 47.1 Å². The second kappa shape index (κ2) is 8.10. The summed E-state index contributed by atoms with van der Waals surface area (Å²) in [5, 5.41) is 55.1. The Labute approximate surface area is 204 Å². The third-order valence-corrected chi connectivity index (χ3v) is 6.99. The number of benzene rings is 1. The molecule has 1 aromatic rings. The van der Waals surface area contributed by atoms with Crippen molar-refractivity contribution in [2.75, 3.05) is 14.1 Å². The molecule has 0 radical (unpaired) electrons. The minimum absolute atomic E-state index is 0. The zero-order valence-corrected chi connectivity index (χ0v) is 19.5. The highest BCUT2D eigenvalue weighted by Crippen LogP contribution is 2.55. The first-order chi connectivity index (χ1) is 15.3. The molecule has 0 fully saturated rings. The number of nitrogens with zero attached hydrogens (tertiary/aromatic N) is 1. The molecule has 0 saturated heterocycles. The SMILES string of the molecule is C=C1c2c(Cl)ccc(O)c2C(=O)C2=C(O)[C@]3(O)C(=O)C(C(N)=O)=C(O)[C@@H](N(C)C)[C@@H]3[C@@H](O)[C@H]12.Cl. The number of aromatic hydroxyl groups is 1. The minimum atomic E-state index is -2.97. The van der Waals surface area contributed by atoms with Gasteiger partial charge in [-0.3, -0.25) is 19.3 Å². The van der Waals surface area contributed by atoms with E-state index in [0.29, 0.717) is 0 Å². The Morgan fingerprint density at radius 2 is 1.76 bits per heavy atom.